The zero-order chi connectivity index (χ0) is 15.0. The topological polar surface area (TPSA) is 79.0 Å². The van der Waals surface area contributed by atoms with Crippen LogP contribution in [0.4, 0.5) is 0 Å². The molecule has 114 valence electrons. The third-order valence-corrected chi connectivity index (χ3v) is 7.36. The second-order valence-electron chi connectivity index (χ2n) is 5.05. The molecule has 9 heteroatoms. The lowest BCUT2D eigenvalue weighted by molar-refractivity contribution is 0.313. The van der Waals surface area contributed by atoms with Gasteiger partial charge < -0.3 is 0 Å². The van der Waals surface area contributed by atoms with Gasteiger partial charge in [0.2, 0.25) is 0 Å². The molecule has 0 radical (unpaired) electrons. The van der Waals surface area contributed by atoms with Crippen molar-refractivity contribution in [3.63, 3.8) is 0 Å². The number of H-pyrrole nitrogens is 1. The summed E-state index contributed by atoms with van der Waals surface area (Å²) in [4.78, 5) is 4.00. The molecule has 1 atom stereocenters. The van der Waals surface area contributed by atoms with Gasteiger partial charge in [0.05, 0.1) is 5.69 Å². The van der Waals surface area contributed by atoms with Gasteiger partial charge in [0.25, 0.3) is 10.0 Å². The molecule has 0 spiro atoms. The highest BCUT2D eigenvalue weighted by Gasteiger charge is 2.33. The molecule has 1 N–H and O–H groups in total. The number of aromatic amines is 1. The molecule has 1 unspecified atom stereocenters. The van der Waals surface area contributed by atoms with Gasteiger partial charge in [-0.1, -0.05) is 22.9 Å². The first kappa shape index (κ1) is 15.0. The van der Waals surface area contributed by atoms with Gasteiger partial charge in [0.1, 0.15) is 0 Å². The minimum Gasteiger partial charge on any atom is -0.282 e. The summed E-state index contributed by atoms with van der Waals surface area (Å²) in [6.45, 7) is 2.66. The van der Waals surface area contributed by atoms with E-state index in [2.05, 4.69) is 15.2 Å². The Kier molecular flexibility index (Phi) is 4.04. The first-order chi connectivity index (χ1) is 9.98. The van der Waals surface area contributed by atoms with Crippen molar-refractivity contribution in [3.05, 3.63) is 28.1 Å². The molecule has 3 heterocycles. The van der Waals surface area contributed by atoms with Crippen molar-refractivity contribution in [2.75, 3.05) is 13.1 Å². The predicted molar refractivity (Wildman–Crippen MR) is 81.2 cm³/mol. The standard InChI is InChI=1S/C12H15ClN4O2S2/c1-8-11(20-12(13)15-8)21(18,19)17-6-2-3-9(7-17)10-4-5-14-16-10/h4-5,9H,2-3,6-7H2,1H3,(H,14,16). The van der Waals surface area contributed by atoms with Crippen molar-refractivity contribution in [2.45, 2.75) is 29.9 Å². The van der Waals surface area contributed by atoms with Gasteiger partial charge in [-0.2, -0.15) is 9.40 Å². The fraction of sp³-hybridized carbons (Fsp3) is 0.500. The van der Waals surface area contributed by atoms with Gasteiger partial charge in [-0.05, 0) is 25.8 Å². The summed E-state index contributed by atoms with van der Waals surface area (Å²) in [5, 5.41) is 6.87. The summed E-state index contributed by atoms with van der Waals surface area (Å²) in [6.07, 6.45) is 3.47. The molecule has 0 bridgehead atoms. The van der Waals surface area contributed by atoms with Crippen LogP contribution in [0, 0.1) is 6.92 Å². The van der Waals surface area contributed by atoms with Crippen LogP contribution in [0.3, 0.4) is 0 Å². The highest BCUT2D eigenvalue weighted by Crippen LogP contribution is 2.33. The number of nitrogens with zero attached hydrogens (tertiary/aromatic N) is 3. The lowest BCUT2D eigenvalue weighted by Crippen LogP contribution is -2.39. The Balaban J connectivity index is 1.87. The van der Waals surface area contributed by atoms with Crippen LogP contribution in [0.2, 0.25) is 4.47 Å². The number of aromatic nitrogens is 3. The Hall–Kier alpha value is -0.960. The molecular formula is C12H15ClN4O2S2. The average Bonchev–Trinajstić information content (AvgIpc) is 3.09. The van der Waals surface area contributed by atoms with Crippen LogP contribution in [0.1, 0.15) is 30.1 Å². The van der Waals surface area contributed by atoms with E-state index >= 15 is 0 Å². The lowest BCUT2D eigenvalue weighted by atomic mass is 9.96. The third kappa shape index (κ3) is 2.85. The largest absolute Gasteiger partial charge is 0.282 e. The summed E-state index contributed by atoms with van der Waals surface area (Å²) >= 11 is 6.85. The Morgan fingerprint density at radius 1 is 1.52 bits per heavy atom. The predicted octanol–water partition coefficient (Wildman–Crippen LogP) is 2.40. The van der Waals surface area contributed by atoms with E-state index in [1.165, 1.54) is 4.31 Å². The molecule has 21 heavy (non-hydrogen) atoms. The summed E-state index contributed by atoms with van der Waals surface area (Å²) in [7, 11) is -3.53. The molecule has 0 saturated carbocycles. The number of aryl methyl sites for hydroxylation is 1. The maximum atomic E-state index is 12.7. The maximum Gasteiger partial charge on any atom is 0.254 e. The molecule has 3 rings (SSSR count). The van der Waals surface area contributed by atoms with Crippen molar-refractivity contribution in [1.82, 2.24) is 19.5 Å². The van der Waals surface area contributed by atoms with Crippen molar-refractivity contribution >= 4 is 33.0 Å². The van der Waals surface area contributed by atoms with E-state index in [4.69, 9.17) is 11.6 Å². The number of piperidine rings is 1. The normalized spacial score (nSPS) is 20.8. The van der Waals surface area contributed by atoms with Crippen LogP contribution in [0.15, 0.2) is 16.5 Å². The van der Waals surface area contributed by atoms with E-state index in [0.29, 0.717) is 18.8 Å². The first-order valence-corrected chi connectivity index (χ1v) is 9.24. The van der Waals surface area contributed by atoms with Crippen LogP contribution in [0.25, 0.3) is 0 Å². The highest BCUT2D eigenvalue weighted by molar-refractivity contribution is 7.91. The van der Waals surface area contributed by atoms with E-state index in [1.54, 1.807) is 13.1 Å². The van der Waals surface area contributed by atoms with Crippen molar-refractivity contribution in [1.29, 1.82) is 0 Å². The SMILES string of the molecule is Cc1nc(Cl)sc1S(=O)(=O)N1CCCC(c2ccn[nH]2)C1. The second-order valence-corrected chi connectivity index (χ2v) is 8.77. The van der Waals surface area contributed by atoms with Crippen LogP contribution >= 0.6 is 22.9 Å². The third-order valence-electron chi connectivity index (χ3n) is 3.65. The highest BCUT2D eigenvalue weighted by atomic mass is 35.5. The molecule has 6 nitrogen and oxygen atoms in total. The minimum absolute atomic E-state index is 0.153. The number of nitrogens with one attached hydrogen (secondary N) is 1. The smallest absolute Gasteiger partial charge is 0.254 e. The van der Waals surface area contributed by atoms with Crippen LogP contribution in [-0.4, -0.2) is 41.0 Å². The molecule has 1 saturated heterocycles. The lowest BCUT2D eigenvalue weighted by Gasteiger charge is -2.31. The minimum atomic E-state index is -3.53. The molecule has 1 aliphatic rings. The van der Waals surface area contributed by atoms with E-state index in [0.717, 1.165) is 29.9 Å². The summed E-state index contributed by atoms with van der Waals surface area (Å²) in [5.74, 6) is 0.153. The number of hydrogen-bond acceptors (Lipinski definition) is 5. The zero-order valence-electron chi connectivity index (χ0n) is 11.4. The molecule has 2 aromatic rings. The van der Waals surface area contributed by atoms with E-state index in [9.17, 15) is 8.42 Å². The quantitative estimate of drug-likeness (QED) is 0.925. The number of thiazole rings is 1. The van der Waals surface area contributed by atoms with Crippen molar-refractivity contribution in [2.24, 2.45) is 0 Å². The fourth-order valence-electron chi connectivity index (χ4n) is 2.62. The van der Waals surface area contributed by atoms with E-state index < -0.39 is 10.0 Å². The van der Waals surface area contributed by atoms with Crippen LogP contribution in [-0.2, 0) is 10.0 Å². The molecule has 1 aliphatic heterocycles. The molecule has 0 amide bonds. The van der Waals surface area contributed by atoms with Gasteiger partial charge in [0.15, 0.2) is 8.68 Å². The molecule has 1 fully saturated rings. The molecule has 0 aliphatic carbocycles. The summed E-state index contributed by atoms with van der Waals surface area (Å²) in [6, 6.07) is 1.90. The van der Waals surface area contributed by atoms with Crippen molar-refractivity contribution in [3.8, 4) is 0 Å². The van der Waals surface area contributed by atoms with Crippen molar-refractivity contribution < 1.29 is 8.42 Å². The van der Waals surface area contributed by atoms with Gasteiger partial charge in [-0.3, -0.25) is 5.10 Å². The number of halogens is 1. The Morgan fingerprint density at radius 2 is 2.33 bits per heavy atom. The fourth-order valence-corrected chi connectivity index (χ4v) is 6.01. The Labute approximate surface area is 132 Å². The number of rotatable bonds is 3. The zero-order valence-corrected chi connectivity index (χ0v) is 13.8. The Morgan fingerprint density at radius 3 is 2.95 bits per heavy atom. The first-order valence-electron chi connectivity index (χ1n) is 6.61. The number of sulfonamides is 1. The monoisotopic (exact) mass is 346 g/mol. The van der Waals surface area contributed by atoms with Gasteiger partial charge in [-0.15, -0.1) is 0 Å². The van der Waals surface area contributed by atoms with Gasteiger partial charge in [0, 0.05) is 30.9 Å². The Bertz CT molecular complexity index is 727. The number of hydrogen-bond donors (Lipinski definition) is 1. The second kappa shape index (κ2) is 5.68. The molecule has 0 aromatic carbocycles. The van der Waals surface area contributed by atoms with E-state index in [-0.39, 0.29) is 14.6 Å². The maximum absolute atomic E-state index is 12.7. The van der Waals surface area contributed by atoms with E-state index in [1.807, 2.05) is 6.07 Å². The average molecular weight is 347 g/mol. The molecular weight excluding hydrogens is 332 g/mol. The summed E-state index contributed by atoms with van der Waals surface area (Å²) < 4.78 is 27.5. The van der Waals surface area contributed by atoms with Gasteiger partial charge in [-0.25, -0.2) is 13.4 Å². The molecule has 2 aromatic heterocycles. The van der Waals surface area contributed by atoms with Crippen LogP contribution in [0.5, 0.6) is 0 Å². The van der Waals surface area contributed by atoms with Crippen LogP contribution < -0.4 is 0 Å². The van der Waals surface area contributed by atoms with Gasteiger partial charge >= 0.3 is 0 Å². The summed E-state index contributed by atoms with van der Waals surface area (Å²) in [5.41, 5.74) is 1.45.